The normalized spacial score (nSPS) is 28.0. The van der Waals surface area contributed by atoms with Crippen LogP contribution >= 0.6 is 0 Å². The third-order valence-corrected chi connectivity index (χ3v) is 4.61. The number of hydrogen-bond donors (Lipinski definition) is 1. The molecule has 2 rings (SSSR count). The first-order chi connectivity index (χ1) is 12.2. The maximum atomic E-state index is 12.9. The molecule has 0 spiro atoms. The van der Waals surface area contributed by atoms with Crippen molar-refractivity contribution in [3.8, 4) is 0 Å². The Morgan fingerprint density at radius 2 is 2.08 bits per heavy atom. The minimum atomic E-state index is -0.842. The highest BCUT2D eigenvalue weighted by Crippen LogP contribution is 2.37. The monoisotopic (exact) mass is 367 g/mol. The summed E-state index contributed by atoms with van der Waals surface area (Å²) in [5, 5.41) is 6.21. The van der Waals surface area contributed by atoms with E-state index in [9.17, 15) is 14.4 Å². The molecule has 0 unspecified atom stereocenters. The Balaban J connectivity index is 2.21. The van der Waals surface area contributed by atoms with E-state index in [1.807, 2.05) is 0 Å². The lowest BCUT2D eigenvalue weighted by Crippen LogP contribution is -2.61. The van der Waals surface area contributed by atoms with Crippen molar-refractivity contribution in [1.29, 1.82) is 0 Å². The van der Waals surface area contributed by atoms with Gasteiger partial charge in [-0.1, -0.05) is 5.11 Å². The molecule has 2 aliphatic heterocycles. The molecule has 4 atom stereocenters. The third-order valence-electron chi connectivity index (χ3n) is 4.61. The van der Waals surface area contributed by atoms with Crippen molar-refractivity contribution >= 4 is 18.0 Å². The molecule has 2 fully saturated rings. The fourth-order valence-corrected chi connectivity index (χ4v) is 3.63. The molecule has 0 bridgehead atoms. The Kier molecular flexibility index (Phi) is 5.97. The van der Waals surface area contributed by atoms with Gasteiger partial charge in [0.05, 0.1) is 7.11 Å². The number of carbonyl (C=O) groups excluding carboxylic acids is 3. The van der Waals surface area contributed by atoms with E-state index in [-0.39, 0.29) is 24.4 Å². The van der Waals surface area contributed by atoms with E-state index >= 15 is 0 Å². The van der Waals surface area contributed by atoms with Crippen LogP contribution in [0.5, 0.6) is 0 Å². The van der Waals surface area contributed by atoms with Gasteiger partial charge in [-0.3, -0.25) is 4.79 Å². The second-order valence-electron chi connectivity index (χ2n) is 7.54. The van der Waals surface area contributed by atoms with Crippen LogP contribution in [0, 0.1) is 5.92 Å². The first-order valence-electron chi connectivity index (χ1n) is 8.58. The van der Waals surface area contributed by atoms with Crippen LogP contribution in [0.4, 0.5) is 4.79 Å². The number of rotatable bonds is 4. The molecule has 0 aromatic heterocycles. The molecule has 26 heavy (non-hydrogen) atoms. The van der Waals surface area contributed by atoms with Crippen molar-refractivity contribution in [2.45, 2.75) is 63.8 Å². The molecule has 2 aliphatic rings. The standard InChI is InChI=1S/C16H25N5O5/c1-16(2,3)26-15(24)19-10-7-9(8-18-20-17)11-5-6-12(14(23)25-4)21(11)13(10)22/h9-12H,5-8H2,1-4H3,(H,19,24)/t9-,10+,11-,12+/m1/s1. The van der Waals surface area contributed by atoms with Gasteiger partial charge in [-0.25, -0.2) is 9.59 Å². The van der Waals surface area contributed by atoms with E-state index in [0.29, 0.717) is 19.3 Å². The number of nitrogens with one attached hydrogen (secondary N) is 1. The van der Waals surface area contributed by atoms with Crippen LogP contribution in [0.3, 0.4) is 0 Å². The lowest BCUT2D eigenvalue weighted by molar-refractivity contribution is -0.156. The van der Waals surface area contributed by atoms with Crippen LogP contribution in [-0.2, 0) is 19.1 Å². The van der Waals surface area contributed by atoms with Crippen LogP contribution < -0.4 is 5.32 Å². The summed E-state index contributed by atoms with van der Waals surface area (Å²) in [5.41, 5.74) is 7.92. The number of methoxy groups -OCH3 is 1. The SMILES string of the molecule is COC(=O)[C@@H]1CC[C@@H]2[C@@H](CN=[N+]=[N-])C[C@H](NC(=O)OC(C)(C)C)C(=O)N21. The summed E-state index contributed by atoms with van der Waals surface area (Å²) in [5.74, 6) is -0.981. The van der Waals surface area contributed by atoms with E-state index in [1.165, 1.54) is 12.0 Å². The minimum absolute atomic E-state index is 0.154. The van der Waals surface area contributed by atoms with Gasteiger partial charge in [0, 0.05) is 17.5 Å². The second-order valence-corrected chi connectivity index (χ2v) is 7.54. The van der Waals surface area contributed by atoms with Crippen LogP contribution in [0.15, 0.2) is 5.11 Å². The van der Waals surface area contributed by atoms with Gasteiger partial charge in [-0.15, -0.1) is 0 Å². The van der Waals surface area contributed by atoms with E-state index in [2.05, 4.69) is 15.3 Å². The molecule has 2 saturated heterocycles. The maximum absolute atomic E-state index is 12.9. The van der Waals surface area contributed by atoms with Crippen LogP contribution in [0.1, 0.15) is 40.0 Å². The topological polar surface area (TPSA) is 134 Å². The van der Waals surface area contributed by atoms with Gasteiger partial charge in [-0.05, 0) is 51.5 Å². The number of carbonyl (C=O) groups is 3. The quantitative estimate of drug-likeness (QED) is 0.349. The zero-order valence-corrected chi connectivity index (χ0v) is 15.5. The van der Waals surface area contributed by atoms with Crippen LogP contribution in [0.25, 0.3) is 10.4 Å². The van der Waals surface area contributed by atoms with Crippen molar-refractivity contribution in [2.24, 2.45) is 11.0 Å². The Hall–Kier alpha value is -2.48. The van der Waals surface area contributed by atoms with Crippen molar-refractivity contribution in [2.75, 3.05) is 13.7 Å². The molecule has 10 nitrogen and oxygen atoms in total. The molecule has 2 heterocycles. The second kappa shape index (κ2) is 7.82. The highest BCUT2D eigenvalue weighted by molar-refractivity contribution is 5.91. The average molecular weight is 367 g/mol. The predicted octanol–water partition coefficient (Wildman–Crippen LogP) is 1.74. The Labute approximate surface area is 151 Å². The highest BCUT2D eigenvalue weighted by Gasteiger charge is 2.50. The fraction of sp³-hybridized carbons (Fsp3) is 0.812. The highest BCUT2D eigenvalue weighted by atomic mass is 16.6. The van der Waals surface area contributed by atoms with E-state index in [0.717, 1.165) is 0 Å². The van der Waals surface area contributed by atoms with Gasteiger partial charge >= 0.3 is 12.1 Å². The molecular weight excluding hydrogens is 342 g/mol. The summed E-state index contributed by atoms with van der Waals surface area (Å²) in [4.78, 5) is 41.3. The summed E-state index contributed by atoms with van der Waals surface area (Å²) in [7, 11) is 1.28. The molecule has 0 aliphatic carbocycles. The lowest BCUT2D eigenvalue weighted by atomic mass is 9.86. The van der Waals surface area contributed by atoms with Gasteiger partial charge in [0.25, 0.3) is 0 Å². The molecular formula is C16H25N5O5. The lowest BCUT2D eigenvalue weighted by Gasteiger charge is -2.42. The molecule has 0 saturated carbocycles. The molecule has 0 radical (unpaired) electrons. The van der Waals surface area contributed by atoms with Gasteiger partial charge in [0.1, 0.15) is 17.7 Å². The Morgan fingerprint density at radius 1 is 1.38 bits per heavy atom. The zero-order chi connectivity index (χ0) is 19.5. The third kappa shape index (κ3) is 4.37. The minimum Gasteiger partial charge on any atom is -0.467 e. The van der Waals surface area contributed by atoms with Gasteiger partial charge < -0.3 is 19.7 Å². The molecule has 1 N–H and O–H groups in total. The van der Waals surface area contributed by atoms with E-state index < -0.39 is 29.7 Å². The number of amides is 2. The number of fused-ring (bicyclic) bond motifs is 1. The summed E-state index contributed by atoms with van der Waals surface area (Å²) in [6.45, 7) is 5.36. The fourth-order valence-electron chi connectivity index (χ4n) is 3.63. The van der Waals surface area contributed by atoms with Crippen LogP contribution in [-0.4, -0.2) is 60.3 Å². The number of azide groups is 1. The van der Waals surface area contributed by atoms with Gasteiger partial charge in [0.15, 0.2) is 0 Å². The Morgan fingerprint density at radius 3 is 2.65 bits per heavy atom. The zero-order valence-electron chi connectivity index (χ0n) is 15.5. The average Bonchev–Trinajstić information content (AvgIpc) is 2.99. The van der Waals surface area contributed by atoms with Gasteiger partial charge in [-0.2, -0.15) is 0 Å². The molecule has 2 amide bonds. The van der Waals surface area contributed by atoms with E-state index in [4.69, 9.17) is 15.0 Å². The molecule has 10 heteroatoms. The smallest absolute Gasteiger partial charge is 0.408 e. The number of alkyl carbamates (subject to hydrolysis) is 1. The van der Waals surface area contributed by atoms with Crippen molar-refractivity contribution in [1.82, 2.24) is 10.2 Å². The maximum Gasteiger partial charge on any atom is 0.408 e. The molecule has 0 aromatic carbocycles. The largest absolute Gasteiger partial charge is 0.467 e. The number of piperidine rings is 1. The summed E-state index contributed by atoms with van der Waals surface area (Å²) in [6.07, 6.45) is 0.725. The summed E-state index contributed by atoms with van der Waals surface area (Å²) >= 11 is 0. The predicted molar refractivity (Wildman–Crippen MR) is 90.9 cm³/mol. The van der Waals surface area contributed by atoms with Gasteiger partial charge in [0.2, 0.25) is 5.91 Å². The summed E-state index contributed by atoms with van der Waals surface area (Å²) < 4.78 is 10.0. The molecule has 144 valence electrons. The molecule has 0 aromatic rings. The van der Waals surface area contributed by atoms with Crippen molar-refractivity contribution in [3.63, 3.8) is 0 Å². The first-order valence-corrected chi connectivity index (χ1v) is 8.58. The summed E-state index contributed by atoms with van der Waals surface area (Å²) in [6, 6.07) is -1.74. The number of ether oxygens (including phenoxy) is 2. The van der Waals surface area contributed by atoms with Crippen molar-refractivity contribution < 1.29 is 23.9 Å². The Bertz CT molecular complexity index is 625. The number of nitrogens with zero attached hydrogens (tertiary/aromatic N) is 4. The van der Waals surface area contributed by atoms with Crippen LogP contribution in [0.2, 0.25) is 0 Å². The first kappa shape index (κ1) is 19.8. The van der Waals surface area contributed by atoms with E-state index in [1.54, 1.807) is 20.8 Å². The van der Waals surface area contributed by atoms with Crippen molar-refractivity contribution in [3.05, 3.63) is 10.4 Å². The number of esters is 1. The number of hydrogen-bond acceptors (Lipinski definition) is 6.